The molecule has 0 fully saturated rings. The molecule has 0 bridgehead atoms. The number of halogens is 2. The Hall–Kier alpha value is -2.34. The highest BCUT2D eigenvalue weighted by Crippen LogP contribution is 2.19. The first-order valence-electron chi connectivity index (χ1n) is 8.41. The van der Waals surface area contributed by atoms with Crippen LogP contribution in [0.5, 0.6) is 5.75 Å². The van der Waals surface area contributed by atoms with Crippen molar-refractivity contribution in [1.82, 2.24) is 10.6 Å². The third-order valence-electron chi connectivity index (χ3n) is 3.82. The van der Waals surface area contributed by atoms with Crippen LogP contribution in [-0.2, 0) is 13.1 Å². The van der Waals surface area contributed by atoms with Gasteiger partial charge in [-0.25, -0.2) is 9.38 Å². The molecule has 0 aliphatic rings. The zero-order chi connectivity index (χ0) is 18.9. The molecule has 0 amide bonds. The van der Waals surface area contributed by atoms with Crippen LogP contribution in [0.4, 0.5) is 4.39 Å². The van der Waals surface area contributed by atoms with Gasteiger partial charge < -0.3 is 15.4 Å². The Morgan fingerprint density at radius 2 is 1.96 bits per heavy atom. The molecule has 0 atom stereocenters. The van der Waals surface area contributed by atoms with E-state index in [4.69, 9.17) is 10.00 Å². The first-order valence-corrected chi connectivity index (χ1v) is 8.41. The molecular formula is C20H24FIN4O. The second kappa shape index (κ2) is 11.4. The number of methoxy groups -OCH3 is 1. The number of ether oxygens (including phenoxy) is 1. The molecule has 0 unspecified atom stereocenters. The Morgan fingerprint density at radius 3 is 2.63 bits per heavy atom. The normalized spacial score (nSPS) is 10.6. The molecule has 0 aliphatic heterocycles. The number of hydrogen-bond donors (Lipinski definition) is 2. The van der Waals surface area contributed by atoms with Crippen LogP contribution in [0.1, 0.15) is 29.2 Å². The van der Waals surface area contributed by atoms with Crippen molar-refractivity contribution in [2.45, 2.75) is 26.9 Å². The Morgan fingerprint density at radius 1 is 1.19 bits per heavy atom. The van der Waals surface area contributed by atoms with Crippen molar-refractivity contribution in [3.05, 3.63) is 64.5 Å². The summed E-state index contributed by atoms with van der Waals surface area (Å²) < 4.78 is 19.3. The van der Waals surface area contributed by atoms with E-state index in [0.29, 0.717) is 30.2 Å². The summed E-state index contributed by atoms with van der Waals surface area (Å²) >= 11 is 0. The quantitative estimate of drug-likeness (QED) is 0.373. The molecule has 5 nitrogen and oxygen atoms in total. The molecule has 7 heteroatoms. The Labute approximate surface area is 176 Å². The predicted molar refractivity (Wildman–Crippen MR) is 116 cm³/mol. The number of nitriles is 1. The van der Waals surface area contributed by atoms with Crippen LogP contribution < -0.4 is 15.4 Å². The van der Waals surface area contributed by atoms with Crippen molar-refractivity contribution in [1.29, 1.82) is 5.26 Å². The average Bonchev–Trinajstić information content (AvgIpc) is 2.65. The number of nitrogens with one attached hydrogen (secondary N) is 2. The zero-order valence-corrected chi connectivity index (χ0v) is 18.0. The van der Waals surface area contributed by atoms with Gasteiger partial charge in [-0.1, -0.05) is 12.1 Å². The second-order valence-electron chi connectivity index (χ2n) is 5.78. The van der Waals surface area contributed by atoms with Crippen molar-refractivity contribution >= 4 is 29.9 Å². The standard InChI is InChI=1S/C20H23FN4O.HI/c1-4-23-20(24-12-16-7-5-14(2)9-19(16)26-3)25-13-17-10-15(11-22)6-8-18(17)21;/h5-10H,4,12-13H2,1-3H3,(H2,23,24,25);1H. The summed E-state index contributed by atoms with van der Waals surface area (Å²) in [5.41, 5.74) is 2.92. The molecule has 2 aromatic rings. The zero-order valence-electron chi connectivity index (χ0n) is 15.7. The van der Waals surface area contributed by atoms with E-state index in [-0.39, 0.29) is 36.3 Å². The molecule has 2 aromatic carbocycles. The van der Waals surface area contributed by atoms with Crippen molar-refractivity contribution in [2.24, 2.45) is 4.99 Å². The molecule has 0 radical (unpaired) electrons. The SMILES string of the molecule is CCNC(=NCc1cc(C#N)ccc1F)NCc1ccc(C)cc1OC.I. The van der Waals surface area contributed by atoms with Gasteiger partial charge in [-0.05, 0) is 43.7 Å². The molecule has 0 aromatic heterocycles. The number of hydrogen-bond acceptors (Lipinski definition) is 3. The van der Waals surface area contributed by atoms with Crippen molar-refractivity contribution < 1.29 is 9.13 Å². The molecule has 0 aliphatic carbocycles. The topological polar surface area (TPSA) is 69.4 Å². The van der Waals surface area contributed by atoms with E-state index < -0.39 is 0 Å². The summed E-state index contributed by atoms with van der Waals surface area (Å²) in [6, 6.07) is 12.3. The third kappa shape index (κ3) is 6.71. The van der Waals surface area contributed by atoms with E-state index in [1.54, 1.807) is 7.11 Å². The van der Waals surface area contributed by atoms with Gasteiger partial charge >= 0.3 is 0 Å². The molecule has 2 rings (SSSR count). The number of benzene rings is 2. The monoisotopic (exact) mass is 482 g/mol. The number of nitrogens with zero attached hydrogens (tertiary/aromatic N) is 2. The lowest BCUT2D eigenvalue weighted by molar-refractivity contribution is 0.408. The lowest BCUT2D eigenvalue weighted by atomic mass is 10.1. The fraction of sp³-hybridized carbons (Fsp3) is 0.300. The lowest BCUT2D eigenvalue weighted by Gasteiger charge is -2.14. The minimum absolute atomic E-state index is 0. The van der Waals surface area contributed by atoms with E-state index in [2.05, 4.69) is 15.6 Å². The summed E-state index contributed by atoms with van der Waals surface area (Å²) in [5.74, 6) is 1.00. The molecule has 27 heavy (non-hydrogen) atoms. The van der Waals surface area contributed by atoms with Gasteiger partial charge in [0, 0.05) is 24.2 Å². The number of aryl methyl sites for hydroxylation is 1. The molecule has 0 spiro atoms. The van der Waals surface area contributed by atoms with E-state index in [1.165, 1.54) is 18.2 Å². The number of guanidine groups is 1. The van der Waals surface area contributed by atoms with Crippen molar-refractivity contribution in [2.75, 3.05) is 13.7 Å². The van der Waals surface area contributed by atoms with E-state index >= 15 is 0 Å². The lowest BCUT2D eigenvalue weighted by Crippen LogP contribution is -2.36. The molecular weight excluding hydrogens is 458 g/mol. The predicted octanol–water partition coefficient (Wildman–Crippen LogP) is 3.89. The highest BCUT2D eigenvalue weighted by molar-refractivity contribution is 14.0. The van der Waals surface area contributed by atoms with Crippen LogP contribution in [0.25, 0.3) is 0 Å². The van der Waals surface area contributed by atoms with E-state index in [1.807, 2.05) is 38.1 Å². The van der Waals surface area contributed by atoms with Gasteiger partial charge in [-0.3, -0.25) is 0 Å². The largest absolute Gasteiger partial charge is 0.496 e. The first kappa shape index (κ1) is 22.7. The van der Waals surface area contributed by atoms with Gasteiger partial charge in [-0.2, -0.15) is 5.26 Å². The van der Waals surface area contributed by atoms with E-state index in [0.717, 1.165) is 16.9 Å². The maximum atomic E-state index is 13.9. The Kier molecular flexibility index (Phi) is 9.58. The summed E-state index contributed by atoms with van der Waals surface area (Å²) in [6.45, 7) is 5.31. The fourth-order valence-corrected chi connectivity index (χ4v) is 2.45. The van der Waals surface area contributed by atoms with Crippen molar-refractivity contribution in [3.63, 3.8) is 0 Å². The van der Waals surface area contributed by atoms with Crippen LogP contribution in [-0.4, -0.2) is 19.6 Å². The molecule has 0 heterocycles. The average molecular weight is 482 g/mol. The van der Waals surface area contributed by atoms with Crippen LogP contribution in [0.2, 0.25) is 0 Å². The highest BCUT2D eigenvalue weighted by atomic mass is 127. The Bertz CT molecular complexity index is 833. The smallest absolute Gasteiger partial charge is 0.191 e. The number of aliphatic imine (C=N–C) groups is 1. The van der Waals surface area contributed by atoms with Gasteiger partial charge in [0.15, 0.2) is 5.96 Å². The molecule has 0 saturated carbocycles. The minimum Gasteiger partial charge on any atom is -0.496 e. The first-order chi connectivity index (χ1) is 12.6. The fourth-order valence-electron chi connectivity index (χ4n) is 2.45. The van der Waals surface area contributed by atoms with Crippen LogP contribution in [0.3, 0.4) is 0 Å². The van der Waals surface area contributed by atoms with E-state index in [9.17, 15) is 4.39 Å². The number of rotatable bonds is 6. The summed E-state index contributed by atoms with van der Waals surface area (Å²) in [5, 5.41) is 15.3. The molecule has 2 N–H and O–H groups in total. The van der Waals surface area contributed by atoms with Crippen LogP contribution >= 0.6 is 24.0 Å². The van der Waals surface area contributed by atoms with Crippen LogP contribution in [0.15, 0.2) is 41.4 Å². The van der Waals surface area contributed by atoms with Gasteiger partial charge in [0.05, 0.1) is 25.3 Å². The second-order valence-corrected chi connectivity index (χ2v) is 5.78. The van der Waals surface area contributed by atoms with Gasteiger partial charge in [0.1, 0.15) is 11.6 Å². The van der Waals surface area contributed by atoms with Gasteiger partial charge in [-0.15, -0.1) is 24.0 Å². The summed E-state index contributed by atoms with van der Waals surface area (Å²) in [4.78, 5) is 4.41. The maximum Gasteiger partial charge on any atom is 0.191 e. The highest BCUT2D eigenvalue weighted by Gasteiger charge is 2.06. The van der Waals surface area contributed by atoms with Crippen LogP contribution in [0, 0.1) is 24.1 Å². The van der Waals surface area contributed by atoms with Gasteiger partial charge in [0.2, 0.25) is 0 Å². The third-order valence-corrected chi connectivity index (χ3v) is 3.82. The maximum absolute atomic E-state index is 13.9. The van der Waals surface area contributed by atoms with Gasteiger partial charge in [0.25, 0.3) is 0 Å². The molecule has 144 valence electrons. The van der Waals surface area contributed by atoms with Crippen molar-refractivity contribution in [3.8, 4) is 11.8 Å². The summed E-state index contributed by atoms with van der Waals surface area (Å²) in [6.07, 6.45) is 0. The Balaban J connectivity index is 0.00000364. The molecule has 0 saturated heterocycles. The summed E-state index contributed by atoms with van der Waals surface area (Å²) in [7, 11) is 1.64. The minimum atomic E-state index is -0.371.